The van der Waals surface area contributed by atoms with E-state index in [0.717, 1.165) is 64.2 Å². The second-order valence-corrected chi connectivity index (χ2v) is 20.3. The zero-order valence-corrected chi connectivity index (χ0v) is 41.4. The first-order chi connectivity index (χ1) is 35.3. The highest BCUT2D eigenvalue weighted by Crippen LogP contribution is 2.27. The summed E-state index contributed by atoms with van der Waals surface area (Å²) in [5, 5.41) is 32.1. The molecule has 9 aromatic rings. The van der Waals surface area contributed by atoms with Crippen LogP contribution in [0.2, 0.25) is 0 Å². The average Bonchev–Trinajstić information content (AvgIpc) is 3.85. The first-order valence-electron chi connectivity index (χ1n) is 26.0. The Balaban J connectivity index is 1.01. The molecule has 9 aromatic carbocycles. The molecule has 0 bridgehead atoms. The van der Waals surface area contributed by atoms with E-state index in [-0.39, 0.29) is 29.6 Å². The lowest BCUT2D eigenvalue weighted by molar-refractivity contribution is 0.0733. The molecule has 7 nitrogen and oxygen atoms in total. The molecule has 1 heterocycles. The molecule has 0 aliphatic carbocycles. The highest BCUT2D eigenvalue weighted by molar-refractivity contribution is 5.84. The van der Waals surface area contributed by atoms with E-state index in [4.69, 9.17) is 5.73 Å². The van der Waals surface area contributed by atoms with Gasteiger partial charge in [-0.1, -0.05) is 164 Å². The number of nitrogens with two attached hydrogens (primary N) is 1. The molecule has 366 valence electrons. The Bertz CT molecular complexity index is 3140. The highest BCUT2D eigenvalue weighted by atomic mass is 16.3. The number of fused-ring (bicyclic) bond motifs is 3. The molecule has 4 atom stereocenters. The lowest BCUT2D eigenvalue weighted by Gasteiger charge is -2.42. The van der Waals surface area contributed by atoms with Crippen molar-refractivity contribution in [1.82, 2.24) is 20.0 Å². The fourth-order valence-corrected chi connectivity index (χ4v) is 11.2. The average molecular weight is 952 g/mol. The predicted molar refractivity (Wildman–Crippen MR) is 298 cm³/mol. The number of benzene rings is 9. The number of nitrogens with zero attached hydrogens (tertiary/aromatic N) is 3. The Hall–Kier alpha value is -6.84. The maximum Gasteiger partial charge on any atom is 0.115 e. The van der Waals surface area contributed by atoms with E-state index in [2.05, 4.69) is 190 Å². The summed E-state index contributed by atoms with van der Waals surface area (Å²) in [5.74, 6) is 0.528. The molecule has 0 spiro atoms. The summed E-state index contributed by atoms with van der Waals surface area (Å²) in [6.45, 7) is 6.78. The molecular weight excluding hydrogens is 883 g/mol. The fraction of sp³-hybridized carbons (Fsp3) is 0.262. The summed E-state index contributed by atoms with van der Waals surface area (Å²) in [6.07, 6.45) is 4.74. The molecule has 10 rings (SSSR count). The largest absolute Gasteiger partial charge is 0.508 e. The molecule has 1 saturated heterocycles. The highest BCUT2D eigenvalue weighted by Gasteiger charge is 2.33. The van der Waals surface area contributed by atoms with Crippen molar-refractivity contribution in [3.8, 4) is 11.5 Å². The van der Waals surface area contributed by atoms with Gasteiger partial charge in [0.25, 0.3) is 0 Å². The second kappa shape index (κ2) is 23.6. The van der Waals surface area contributed by atoms with Gasteiger partial charge in [0.1, 0.15) is 11.5 Å². The van der Waals surface area contributed by atoms with Gasteiger partial charge in [-0.3, -0.25) is 14.7 Å². The van der Waals surface area contributed by atoms with Crippen LogP contribution in [0.25, 0.3) is 32.3 Å². The molecule has 7 heteroatoms. The van der Waals surface area contributed by atoms with Crippen LogP contribution in [0.1, 0.15) is 46.2 Å². The molecule has 5 N–H and O–H groups in total. The standard InChI is InChI=1S/C65H69N5O2/c66-60(38-49-23-30-64(71)31-24-49)45-69(43-52-21-28-55-14-5-8-17-58(55)36-52)63(40-50-25-32-65(72)33-26-50)47-70(44-53-22-29-56-15-6-9-18-59(56)37-53)62(39-48-11-2-1-3-12-48)46-68-34-10-19-61(68)42-67-41-51-20-27-54-13-4-7-16-57(54)35-51/h1-9,11-18,20-33,35-37,60-63,67,71-72H,10,19,34,38-47,66H2/t60-,61-,62-,63-/m0/s1. The Morgan fingerprint density at radius 1 is 0.472 bits per heavy atom. The van der Waals surface area contributed by atoms with Gasteiger partial charge in [0.15, 0.2) is 0 Å². The molecule has 1 aliphatic rings. The van der Waals surface area contributed by atoms with Crippen molar-refractivity contribution in [2.24, 2.45) is 5.73 Å². The zero-order valence-electron chi connectivity index (χ0n) is 41.4. The SMILES string of the molecule is N[C@@H](Cc1ccc(O)cc1)CN(Cc1ccc2ccccc2c1)[C@@H](Cc1ccc(O)cc1)CN(Cc1ccc2ccccc2c1)[C@@H](Cc1ccccc1)CN1CCC[C@H]1CNCc1ccc2ccccc2c1. The maximum atomic E-state index is 10.5. The number of likely N-dealkylation sites (tertiary alicyclic amines) is 1. The number of phenolic OH excluding ortho intramolecular Hbond substituents is 2. The van der Waals surface area contributed by atoms with Crippen LogP contribution in [-0.2, 0) is 38.9 Å². The number of rotatable bonds is 22. The molecule has 1 aliphatic heterocycles. The molecule has 0 saturated carbocycles. The van der Waals surface area contributed by atoms with Crippen LogP contribution in [0, 0.1) is 0 Å². The van der Waals surface area contributed by atoms with Gasteiger partial charge < -0.3 is 21.3 Å². The summed E-state index contributed by atoms with van der Waals surface area (Å²) in [6, 6.07) is 73.6. The van der Waals surface area contributed by atoms with Crippen LogP contribution >= 0.6 is 0 Å². The van der Waals surface area contributed by atoms with Crippen LogP contribution in [0.15, 0.2) is 206 Å². The molecule has 0 unspecified atom stereocenters. The van der Waals surface area contributed by atoms with E-state index in [1.807, 2.05) is 24.3 Å². The van der Waals surface area contributed by atoms with Crippen molar-refractivity contribution in [2.75, 3.05) is 32.7 Å². The third-order valence-electron chi connectivity index (χ3n) is 15.0. The third kappa shape index (κ3) is 13.0. The van der Waals surface area contributed by atoms with Gasteiger partial charge in [0.05, 0.1) is 0 Å². The predicted octanol–water partition coefficient (Wildman–Crippen LogP) is 11.9. The summed E-state index contributed by atoms with van der Waals surface area (Å²) in [5.41, 5.74) is 14.8. The smallest absolute Gasteiger partial charge is 0.115 e. The quantitative estimate of drug-likeness (QED) is 0.0538. The van der Waals surface area contributed by atoms with Gasteiger partial charge in [-0.05, 0) is 147 Å². The Morgan fingerprint density at radius 2 is 0.917 bits per heavy atom. The molecule has 0 radical (unpaired) electrons. The molecule has 72 heavy (non-hydrogen) atoms. The van der Waals surface area contributed by atoms with Crippen LogP contribution in [0.5, 0.6) is 11.5 Å². The van der Waals surface area contributed by atoms with E-state index in [1.165, 1.54) is 73.0 Å². The van der Waals surface area contributed by atoms with Crippen LogP contribution < -0.4 is 11.1 Å². The lowest BCUT2D eigenvalue weighted by atomic mass is 9.97. The van der Waals surface area contributed by atoms with Crippen LogP contribution in [0.4, 0.5) is 0 Å². The van der Waals surface area contributed by atoms with Crippen molar-refractivity contribution in [2.45, 2.75) is 75.9 Å². The summed E-state index contributed by atoms with van der Waals surface area (Å²) in [7, 11) is 0. The Kier molecular flexibility index (Phi) is 16.0. The fourth-order valence-electron chi connectivity index (χ4n) is 11.2. The monoisotopic (exact) mass is 952 g/mol. The van der Waals surface area contributed by atoms with Gasteiger partial charge >= 0.3 is 0 Å². The minimum atomic E-state index is -0.168. The van der Waals surface area contributed by atoms with Crippen molar-refractivity contribution in [3.05, 3.63) is 240 Å². The number of hydrogen-bond donors (Lipinski definition) is 4. The van der Waals surface area contributed by atoms with Gasteiger partial charge in [-0.15, -0.1) is 0 Å². The number of nitrogens with one attached hydrogen (secondary N) is 1. The van der Waals surface area contributed by atoms with Crippen molar-refractivity contribution >= 4 is 32.3 Å². The topological polar surface area (TPSA) is 88.2 Å². The van der Waals surface area contributed by atoms with E-state index in [0.29, 0.717) is 19.0 Å². The van der Waals surface area contributed by atoms with Crippen LogP contribution in [-0.4, -0.2) is 81.8 Å². The minimum absolute atomic E-state index is 0.0450. The molecule has 0 amide bonds. The van der Waals surface area contributed by atoms with E-state index in [1.54, 1.807) is 12.1 Å². The number of hydrogen-bond acceptors (Lipinski definition) is 7. The maximum absolute atomic E-state index is 10.5. The van der Waals surface area contributed by atoms with Gasteiger partial charge in [-0.2, -0.15) is 0 Å². The number of aromatic hydroxyl groups is 2. The number of phenols is 2. The summed E-state index contributed by atoms with van der Waals surface area (Å²) >= 11 is 0. The normalized spacial score (nSPS) is 15.5. The Morgan fingerprint density at radius 3 is 1.49 bits per heavy atom. The first kappa shape index (κ1) is 48.8. The molecule has 1 fully saturated rings. The van der Waals surface area contributed by atoms with Gasteiger partial charge in [0, 0.05) is 70.0 Å². The lowest BCUT2D eigenvalue weighted by Crippen LogP contribution is -2.54. The van der Waals surface area contributed by atoms with E-state index >= 15 is 0 Å². The Labute approximate surface area is 426 Å². The van der Waals surface area contributed by atoms with E-state index in [9.17, 15) is 10.2 Å². The van der Waals surface area contributed by atoms with Crippen molar-refractivity contribution < 1.29 is 10.2 Å². The van der Waals surface area contributed by atoms with Crippen LogP contribution in [0.3, 0.4) is 0 Å². The second-order valence-electron chi connectivity index (χ2n) is 20.3. The molecular formula is C65H69N5O2. The zero-order chi connectivity index (χ0) is 49.1. The third-order valence-corrected chi connectivity index (χ3v) is 15.0. The van der Waals surface area contributed by atoms with Gasteiger partial charge in [0.2, 0.25) is 0 Å². The molecule has 0 aromatic heterocycles. The summed E-state index contributed by atoms with van der Waals surface area (Å²) in [4.78, 5) is 8.23. The first-order valence-corrected chi connectivity index (χ1v) is 26.0. The summed E-state index contributed by atoms with van der Waals surface area (Å²) < 4.78 is 0. The minimum Gasteiger partial charge on any atom is -0.508 e. The van der Waals surface area contributed by atoms with E-state index < -0.39 is 0 Å². The van der Waals surface area contributed by atoms with Gasteiger partial charge in [-0.25, -0.2) is 0 Å². The van der Waals surface area contributed by atoms with Crippen molar-refractivity contribution in [1.29, 1.82) is 0 Å². The van der Waals surface area contributed by atoms with Crippen molar-refractivity contribution in [3.63, 3.8) is 0 Å².